The van der Waals surface area contributed by atoms with Crippen LogP contribution in [-0.4, -0.2) is 49.1 Å². The lowest BCUT2D eigenvalue weighted by atomic mass is 9.99. The van der Waals surface area contributed by atoms with Crippen molar-refractivity contribution in [2.45, 2.75) is 6.54 Å². The monoisotopic (exact) mass is 480 g/mol. The van der Waals surface area contributed by atoms with Crippen molar-refractivity contribution < 1.29 is 14.7 Å². The van der Waals surface area contributed by atoms with E-state index >= 15 is 0 Å². The lowest BCUT2D eigenvalue weighted by molar-refractivity contribution is -0.115. The van der Waals surface area contributed by atoms with E-state index in [1.165, 1.54) is 5.56 Å². The molecule has 0 unspecified atom stereocenters. The van der Waals surface area contributed by atoms with E-state index in [2.05, 4.69) is 44.8 Å². The van der Waals surface area contributed by atoms with Crippen molar-refractivity contribution in [3.63, 3.8) is 0 Å². The van der Waals surface area contributed by atoms with Crippen molar-refractivity contribution in [1.82, 2.24) is 10.2 Å². The summed E-state index contributed by atoms with van der Waals surface area (Å²) in [6.07, 6.45) is 0. The molecule has 2 amide bonds. The van der Waals surface area contributed by atoms with Gasteiger partial charge >= 0.3 is 0 Å². The molecule has 0 bridgehead atoms. The summed E-state index contributed by atoms with van der Waals surface area (Å²) in [7, 11) is 4.06. The van der Waals surface area contributed by atoms with Gasteiger partial charge in [0.25, 0.3) is 11.8 Å². The van der Waals surface area contributed by atoms with Crippen molar-refractivity contribution in [1.29, 1.82) is 0 Å². The number of amides is 2. The summed E-state index contributed by atoms with van der Waals surface area (Å²) in [5.41, 5.74) is 6.18. The van der Waals surface area contributed by atoms with Crippen LogP contribution in [0.4, 0.5) is 11.4 Å². The molecule has 0 fully saturated rings. The van der Waals surface area contributed by atoms with Crippen molar-refractivity contribution in [3.05, 3.63) is 95.1 Å². The van der Waals surface area contributed by atoms with E-state index < -0.39 is 5.91 Å². The molecule has 0 saturated heterocycles. The van der Waals surface area contributed by atoms with E-state index in [-0.39, 0.29) is 19.1 Å². The summed E-state index contributed by atoms with van der Waals surface area (Å²) < 4.78 is 0. The Morgan fingerprint density at radius 1 is 1.03 bits per heavy atom. The van der Waals surface area contributed by atoms with E-state index in [4.69, 9.17) is 5.11 Å². The fraction of sp³-hybridized carbons (Fsp3) is 0.172. The molecule has 0 aromatic heterocycles. The van der Waals surface area contributed by atoms with Gasteiger partial charge in [-0.1, -0.05) is 54.5 Å². The van der Waals surface area contributed by atoms with E-state index in [0.29, 0.717) is 22.5 Å². The van der Waals surface area contributed by atoms with Crippen LogP contribution in [0.3, 0.4) is 0 Å². The maximum atomic E-state index is 13.2. The molecule has 0 spiro atoms. The second-order valence-corrected chi connectivity index (χ2v) is 8.62. The zero-order valence-corrected chi connectivity index (χ0v) is 20.3. The van der Waals surface area contributed by atoms with Crippen molar-refractivity contribution in [2.24, 2.45) is 0 Å². The molecular formula is C29H28N4O3. The molecule has 7 nitrogen and oxygen atoms in total. The second-order valence-electron chi connectivity index (χ2n) is 8.62. The summed E-state index contributed by atoms with van der Waals surface area (Å²) >= 11 is 0. The van der Waals surface area contributed by atoms with Crippen LogP contribution >= 0.6 is 0 Å². The highest BCUT2D eigenvalue weighted by Gasteiger charge is 2.28. The maximum absolute atomic E-state index is 13.2. The minimum Gasteiger partial charge on any atom is -0.395 e. The van der Waals surface area contributed by atoms with Crippen LogP contribution in [0.5, 0.6) is 0 Å². The average molecular weight is 481 g/mol. The first kappa shape index (κ1) is 24.7. The van der Waals surface area contributed by atoms with Crippen LogP contribution in [0.15, 0.2) is 72.8 Å². The third-order valence-corrected chi connectivity index (χ3v) is 5.52. The number of benzene rings is 3. The Morgan fingerprint density at radius 2 is 1.78 bits per heavy atom. The first-order valence-corrected chi connectivity index (χ1v) is 11.6. The van der Waals surface area contributed by atoms with Crippen LogP contribution in [0.2, 0.25) is 0 Å². The van der Waals surface area contributed by atoms with Crippen LogP contribution in [0.25, 0.3) is 11.3 Å². The molecular weight excluding hydrogens is 452 g/mol. The zero-order chi connectivity index (χ0) is 25.5. The molecule has 3 aromatic rings. The quantitative estimate of drug-likeness (QED) is 0.308. The van der Waals surface area contributed by atoms with Crippen molar-refractivity contribution >= 4 is 34.5 Å². The number of carbonyl (C=O) groups excluding carboxylic acids is 2. The highest BCUT2D eigenvalue weighted by atomic mass is 16.3. The number of aliphatic hydroxyl groups is 1. The molecule has 3 aromatic carbocycles. The SMILES string of the molecule is CN(C)Cc1ccc(N/C(=C2\C(=O)Nc3cc(C#CC(=O)NCCO)ccc32)c2ccccc2)cc1. The molecule has 0 aliphatic carbocycles. The van der Waals surface area contributed by atoms with Crippen LogP contribution in [-0.2, 0) is 16.1 Å². The maximum Gasteiger partial charge on any atom is 0.296 e. The predicted molar refractivity (Wildman–Crippen MR) is 143 cm³/mol. The van der Waals surface area contributed by atoms with Gasteiger partial charge in [-0.3, -0.25) is 9.59 Å². The first-order valence-electron chi connectivity index (χ1n) is 11.6. The number of carbonyl (C=O) groups is 2. The standard InChI is InChI=1S/C29H28N4O3/c1-33(2)19-21-8-12-23(13-9-21)31-28(22-6-4-3-5-7-22)27-24-14-10-20(18-25(24)32-29(27)36)11-15-26(35)30-16-17-34/h3-10,12-14,18,31,34H,16-17,19H2,1-2H3,(H,30,35)(H,32,36)/b28-27-. The predicted octanol–water partition coefficient (Wildman–Crippen LogP) is 3.14. The van der Waals surface area contributed by atoms with Gasteiger partial charge in [0.1, 0.15) is 0 Å². The summed E-state index contributed by atoms with van der Waals surface area (Å²) in [5.74, 6) is 4.61. The Kier molecular flexibility index (Phi) is 7.81. The normalized spacial score (nSPS) is 13.4. The van der Waals surface area contributed by atoms with Crippen LogP contribution in [0, 0.1) is 11.8 Å². The number of nitrogens with zero attached hydrogens (tertiary/aromatic N) is 1. The van der Waals surface area contributed by atoms with Crippen molar-refractivity contribution in [3.8, 4) is 11.8 Å². The summed E-state index contributed by atoms with van der Waals surface area (Å²) in [5, 5.41) is 17.7. The summed E-state index contributed by atoms with van der Waals surface area (Å²) in [4.78, 5) is 27.0. The molecule has 36 heavy (non-hydrogen) atoms. The van der Waals surface area contributed by atoms with Gasteiger partial charge in [-0.15, -0.1) is 0 Å². The van der Waals surface area contributed by atoms with E-state index in [1.807, 2.05) is 62.6 Å². The number of fused-ring (bicyclic) bond motifs is 1. The largest absolute Gasteiger partial charge is 0.395 e. The lowest BCUT2D eigenvalue weighted by Crippen LogP contribution is -2.24. The van der Waals surface area contributed by atoms with E-state index in [1.54, 1.807) is 12.1 Å². The van der Waals surface area contributed by atoms with E-state index in [9.17, 15) is 9.59 Å². The molecule has 4 rings (SSSR count). The molecule has 1 heterocycles. The molecule has 4 N–H and O–H groups in total. The van der Waals surface area contributed by atoms with Gasteiger partial charge in [-0.25, -0.2) is 0 Å². The van der Waals surface area contributed by atoms with Crippen LogP contribution < -0.4 is 16.0 Å². The molecule has 0 radical (unpaired) electrons. The molecule has 182 valence electrons. The smallest absolute Gasteiger partial charge is 0.296 e. The Morgan fingerprint density at radius 3 is 2.47 bits per heavy atom. The number of aliphatic hydroxyl groups excluding tert-OH is 1. The number of hydrogen-bond acceptors (Lipinski definition) is 5. The van der Waals surface area contributed by atoms with Crippen LogP contribution in [0.1, 0.15) is 22.3 Å². The fourth-order valence-electron chi connectivity index (χ4n) is 3.93. The van der Waals surface area contributed by atoms with E-state index in [0.717, 1.165) is 23.4 Å². The number of anilines is 2. The van der Waals surface area contributed by atoms with Gasteiger partial charge in [-0.2, -0.15) is 0 Å². The Bertz CT molecular complexity index is 1350. The van der Waals surface area contributed by atoms with Gasteiger partial charge in [-0.05, 0) is 49.5 Å². The van der Waals surface area contributed by atoms with Crippen molar-refractivity contribution in [2.75, 3.05) is 37.9 Å². The van der Waals surface area contributed by atoms with Gasteiger partial charge in [0.15, 0.2) is 0 Å². The molecule has 0 atom stereocenters. The zero-order valence-electron chi connectivity index (χ0n) is 20.3. The second kappa shape index (κ2) is 11.4. The molecule has 1 aliphatic rings. The molecule has 0 saturated carbocycles. The van der Waals surface area contributed by atoms with Gasteiger partial charge in [0, 0.05) is 35.8 Å². The third-order valence-electron chi connectivity index (χ3n) is 5.52. The topological polar surface area (TPSA) is 93.7 Å². The Balaban J connectivity index is 1.69. The number of nitrogens with one attached hydrogen (secondary N) is 3. The highest BCUT2D eigenvalue weighted by molar-refractivity contribution is 6.37. The fourth-order valence-corrected chi connectivity index (χ4v) is 3.93. The third kappa shape index (κ3) is 5.99. The molecule has 1 aliphatic heterocycles. The number of hydrogen-bond donors (Lipinski definition) is 4. The number of rotatable bonds is 7. The first-order chi connectivity index (χ1) is 17.4. The Hall–Kier alpha value is -4.38. The van der Waals surface area contributed by atoms with Gasteiger partial charge in [0.05, 0.1) is 23.6 Å². The summed E-state index contributed by atoms with van der Waals surface area (Å²) in [6, 6.07) is 23.3. The minimum atomic E-state index is -0.471. The average Bonchev–Trinajstić information content (AvgIpc) is 3.20. The minimum absolute atomic E-state index is 0.147. The Labute approximate surface area is 210 Å². The lowest BCUT2D eigenvalue weighted by Gasteiger charge is -2.16. The summed E-state index contributed by atoms with van der Waals surface area (Å²) in [6.45, 7) is 0.845. The van der Waals surface area contributed by atoms with Gasteiger partial charge < -0.3 is 26.0 Å². The molecule has 7 heteroatoms. The van der Waals surface area contributed by atoms with Gasteiger partial charge in [0.2, 0.25) is 0 Å². The highest BCUT2D eigenvalue weighted by Crippen LogP contribution is 2.38.